The zero-order chi connectivity index (χ0) is 13.3. The lowest BCUT2D eigenvalue weighted by Crippen LogP contribution is -3.00. The highest BCUT2D eigenvalue weighted by Crippen LogP contribution is 2.44. The summed E-state index contributed by atoms with van der Waals surface area (Å²) in [7, 11) is 4.74. The van der Waals surface area contributed by atoms with Gasteiger partial charge in [-0.3, -0.25) is 4.90 Å². The molecule has 1 saturated heterocycles. The molecule has 1 aromatic rings. The van der Waals surface area contributed by atoms with Crippen LogP contribution in [0.3, 0.4) is 0 Å². The molecule has 2 heterocycles. The zero-order valence-corrected chi connectivity index (χ0v) is 15.8. The largest absolute Gasteiger partial charge is 1.00 e. The van der Waals surface area contributed by atoms with Gasteiger partial charge in [0.25, 0.3) is 0 Å². The van der Waals surface area contributed by atoms with Crippen LogP contribution in [0, 0.1) is 0 Å². The lowest BCUT2D eigenvalue weighted by atomic mass is 9.78. The first kappa shape index (κ1) is 16.7. The second kappa shape index (κ2) is 6.63. The molecule has 1 aliphatic carbocycles. The molecule has 0 spiro atoms. The van der Waals surface area contributed by atoms with E-state index in [-0.39, 0.29) is 24.0 Å². The van der Waals surface area contributed by atoms with Crippen molar-refractivity contribution in [1.82, 2.24) is 4.90 Å². The van der Waals surface area contributed by atoms with E-state index < -0.39 is 0 Å². The van der Waals surface area contributed by atoms with Crippen molar-refractivity contribution >= 4 is 11.3 Å². The number of hydrogen-bond acceptors (Lipinski definition) is 2. The van der Waals surface area contributed by atoms with Crippen molar-refractivity contribution in [2.45, 2.75) is 37.6 Å². The van der Waals surface area contributed by atoms with Crippen LogP contribution in [-0.4, -0.2) is 49.7 Å². The van der Waals surface area contributed by atoms with E-state index in [0.29, 0.717) is 5.54 Å². The standard InChI is InChI=1S/C16H27N2S.HI/c1-18(2)12-10-17(11-13-18)16(8-4-3-5-9-16)15-7-6-14-19-15;/h6-7,14H,3-5,8-13H2,1-2H3;1H/q+1;/p-1. The summed E-state index contributed by atoms with van der Waals surface area (Å²) in [6.07, 6.45) is 7.00. The Morgan fingerprint density at radius 1 is 1.10 bits per heavy atom. The molecule has 114 valence electrons. The van der Waals surface area contributed by atoms with Crippen molar-refractivity contribution < 1.29 is 28.5 Å². The molecule has 0 radical (unpaired) electrons. The Morgan fingerprint density at radius 3 is 2.30 bits per heavy atom. The second-order valence-electron chi connectivity index (χ2n) is 6.94. The number of likely N-dealkylation sites (N-methyl/N-ethyl adjacent to an activating group) is 1. The molecular weight excluding hydrogens is 379 g/mol. The van der Waals surface area contributed by atoms with Gasteiger partial charge < -0.3 is 28.5 Å². The van der Waals surface area contributed by atoms with Gasteiger partial charge in [0.05, 0.1) is 32.7 Å². The Labute approximate surface area is 144 Å². The lowest BCUT2D eigenvalue weighted by Gasteiger charge is -2.50. The Balaban J connectivity index is 0.00000147. The summed E-state index contributed by atoms with van der Waals surface area (Å²) >= 11 is 1.98. The quantitative estimate of drug-likeness (QED) is 0.505. The number of rotatable bonds is 2. The van der Waals surface area contributed by atoms with Gasteiger partial charge in [0, 0.05) is 18.0 Å². The summed E-state index contributed by atoms with van der Waals surface area (Å²) in [5.41, 5.74) is 0.382. The summed E-state index contributed by atoms with van der Waals surface area (Å²) in [5.74, 6) is 0. The number of thiophene rings is 1. The molecule has 0 N–H and O–H groups in total. The molecule has 2 fully saturated rings. The first-order chi connectivity index (χ1) is 9.12. The molecule has 1 aromatic heterocycles. The number of nitrogens with zero attached hydrogens (tertiary/aromatic N) is 2. The lowest BCUT2D eigenvalue weighted by molar-refractivity contribution is -0.895. The van der Waals surface area contributed by atoms with Crippen LogP contribution in [0.15, 0.2) is 17.5 Å². The molecule has 2 aliphatic rings. The highest BCUT2D eigenvalue weighted by Gasteiger charge is 2.43. The van der Waals surface area contributed by atoms with E-state index in [9.17, 15) is 0 Å². The molecule has 1 saturated carbocycles. The SMILES string of the molecule is C[N+]1(C)CCN(C2(c3cccs3)CCCCC2)CC1.[I-]. The normalized spacial score (nSPS) is 25.9. The summed E-state index contributed by atoms with van der Waals surface area (Å²) < 4.78 is 1.19. The average Bonchev–Trinajstić information content (AvgIpc) is 2.94. The molecule has 0 aromatic carbocycles. The van der Waals surface area contributed by atoms with E-state index in [1.165, 1.54) is 62.8 Å². The van der Waals surface area contributed by atoms with Gasteiger partial charge in [-0.25, -0.2) is 0 Å². The predicted octanol–water partition coefficient (Wildman–Crippen LogP) is 0.304. The van der Waals surface area contributed by atoms with Gasteiger partial charge in [-0.1, -0.05) is 25.3 Å². The fourth-order valence-corrected chi connectivity index (χ4v) is 4.85. The van der Waals surface area contributed by atoms with E-state index in [2.05, 4.69) is 36.5 Å². The van der Waals surface area contributed by atoms with Gasteiger partial charge >= 0.3 is 0 Å². The molecule has 0 unspecified atom stereocenters. The van der Waals surface area contributed by atoms with Crippen molar-refractivity contribution in [3.63, 3.8) is 0 Å². The Hall–Kier alpha value is 0.350. The van der Waals surface area contributed by atoms with Crippen LogP contribution in [0.5, 0.6) is 0 Å². The Morgan fingerprint density at radius 2 is 1.75 bits per heavy atom. The third-order valence-electron chi connectivity index (χ3n) is 5.22. The molecule has 20 heavy (non-hydrogen) atoms. The van der Waals surface area contributed by atoms with E-state index in [0.717, 1.165) is 0 Å². The number of halogens is 1. The topological polar surface area (TPSA) is 3.24 Å². The van der Waals surface area contributed by atoms with Crippen LogP contribution in [0.1, 0.15) is 37.0 Å². The van der Waals surface area contributed by atoms with Gasteiger partial charge in [-0.05, 0) is 24.3 Å². The molecule has 4 heteroatoms. The molecule has 0 atom stereocenters. The third kappa shape index (κ3) is 3.23. The van der Waals surface area contributed by atoms with Gasteiger partial charge in [0.15, 0.2) is 0 Å². The van der Waals surface area contributed by atoms with E-state index in [1.807, 2.05) is 11.3 Å². The van der Waals surface area contributed by atoms with Crippen LogP contribution >= 0.6 is 11.3 Å². The molecule has 2 nitrogen and oxygen atoms in total. The Kier molecular flexibility index (Phi) is 5.54. The van der Waals surface area contributed by atoms with Crippen molar-refractivity contribution in [2.75, 3.05) is 40.3 Å². The van der Waals surface area contributed by atoms with Crippen LogP contribution in [0.4, 0.5) is 0 Å². The van der Waals surface area contributed by atoms with Crippen molar-refractivity contribution in [3.05, 3.63) is 22.4 Å². The maximum absolute atomic E-state index is 2.82. The number of piperazine rings is 1. The predicted molar refractivity (Wildman–Crippen MR) is 82.5 cm³/mol. The third-order valence-corrected chi connectivity index (χ3v) is 6.28. The Bertz CT molecular complexity index is 400. The van der Waals surface area contributed by atoms with Crippen molar-refractivity contribution in [3.8, 4) is 0 Å². The maximum Gasteiger partial charge on any atom is 0.0912 e. The van der Waals surface area contributed by atoms with E-state index >= 15 is 0 Å². The molecule has 0 amide bonds. The minimum atomic E-state index is 0. The fourth-order valence-electron chi connectivity index (χ4n) is 3.83. The highest BCUT2D eigenvalue weighted by atomic mass is 127. The fraction of sp³-hybridized carbons (Fsp3) is 0.750. The highest BCUT2D eigenvalue weighted by molar-refractivity contribution is 7.10. The zero-order valence-electron chi connectivity index (χ0n) is 12.8. The minimum Gasteiger partial charge on any atom is -1.00 e. The molecular formula is C16H27IN2S. The maximum atomic E-state index is 2.82. The second-order valence-corrected chi connectivity index (χ2v) is 7.89. The van der Waals surface area contributed by atoms with Gasteiger partial charge in [-0.2, -0.15) is 0 Å². The van der Waals surface area contributed by atoms with Crippen LogP contribution in [-0.2, 0) is 5.54 Å². The van der Waals surface area contributed by atoms with Crippen molar-refractivity contribution in [1.29, 1.82) is 0 Å². The summed E-state index contributed by atoms with van der Waals surface area (Å²) in [4.78, 5) is 4.45. The monoisotopic (exact) mass is 406 g/mol. The summed E-state index contributed by atoms with van der Waals surface area (Å²) in [6, 6.07) is 4.62. The first-order valence-corrected chi connectivity index (χ1v) is 8.61. The molecule has 1 aliphatic heterocycles. The summed E-state index contributed by atoms with van der Waals surface area (Å²) in [6.45, 7) is 5.13. The smallest absolute Gasteiger partial charge is 0.0912 e. The van der Waals surface area contributed by atoms with Gasteiger partial charge in [-0.15, -0.1) is 11.3 Å². The molecule has 3 rings (SSSR count). The summed E-state index contributed by atoms with van der Waals surface area (Å²) in [5, 5.41) is 2.26. The minimum absolute atomic E-state index is 0. The van der Waals surface area contributed by atoms with E-state index in [4.69, 9.17) is 0 Å². The van der Waals surface area contributed by atoms with Crippen LogP contribution in [0.2, 0.25) is 0 Å². The molecule has 0 bridgehead atoms. The number of quaternary nitrogens is 1. The van der Waals surface area contributed by atoms with Gasteiger partial charge in [0.1, 0.15) is 0 Å². The van der Waals surface area contributed by atoms with Crippen molar-refractivity contribution in [2.24, 2.45) is 0 Å². The van der Waals surface area contributed by atoms with E-state index in [1.54, 1.807) is 4.88 Å². The first-order valence-electron chi connectivity index (χ1n) is 7.74. The average molecular weight is 406 g/mol. The van der Waals surface area contributed by atoms with Gasteiger partial charge in [0.2, 0.25) is 0 Å². The van der Waals surface area contributed by atoms with Crippen LogP contribution < -0.4 is 24.0 Å². The number of hydrogen-bond donors (Lipinski definition) is 0. The van der Waals surface area contributed by atoms with Crippen LogP contribution in [0.25, 0.3) is 0 Å².